The van der Waals surface area contributed by atoms with Gasteiger partial charge in [-0.2, -0.15) is 5.10 Å². The molecule has 1 aromatic heterocycles. The number of benzene rings is 4. The van der Waals surface area contributed by atoms with Crippen LogP contribution in [0.4, 0.5) is 0 Å². The number of rotatable bonds is 8. The number of carbonyl (C=O) groups excluding carboxylic acids is 1. The quantitative estimate of drug-likeness (QED) is 0.188. The molecular weight excluding hydrogens is 470 g/mol. The molecule has 5 aromatic rings. The molecule has 0 saturated carbocycles. The smallest absolute Gasteiger partial charge is 0.271 e. The zero-order valence-electron chi connectivity index (χ0n) is 21.5. The second kappa shape index (κ2) is 11.4. The highest BCUT2D eigenvalue weighted by Gasteiger charge is 2.11. The third kappa shape index (κ3) is 5.57. The monoisotopic (exact) mass is 499 g/mol. The second-order valence-corrected chi connectivity index (χ2v) is 9.04. The van der Waals surface area contributed by atoms with Crippen molar-refractivity contribution in [2.24, 2.45) is 5.10 Å². The molecule has 5 nitrogen and oxygen atoms in total. The summed E-state index contributed by atoms with van der Waals surface area (Å²) in [4.78, 5) is 12.7. The van der Waals surface area contributed by atoms with Crippen LogP contribution in [0.5, 0.6) is 5.75 Å². The predicted molar refractivity (Wildman–Crippen MR) is 153 cm³/mol. The molecule has 0 aliphatic carbocycles. The topological polar surface area (TPSA) is 55.6 Å². The lowest BCUT2D eigenvalue weighted by molar-refractivity contribution is 0.0955. The second-order valence-electron chi connectivity index (χ2n) is 9.04. The first-order chi connectivity index (χ1) is 18.6. The van der Waals surface area contributed by atoms with Gasteiger partial charge in [0.2, 0.25) is 0 Å². The molecule has 5 heteroatoms. The van der Waals surface area contributed by atoms with Gasteiger partial charge in [-0.3, -0.25) is 4.79 Å². The van der Waals surface area contributed by atoms with E-state index in [4.69, 9.17) is 4.74 Å². The van der Waals surface area contributed by atoms with Crippen LogP contribution in [0.2, 0.25) is 0 Å². The van der Waals surface area contributed by atoms with Crippen LogP contribution in [-0.4, -0.2) is 23.8 Å². The van der Waals surface area contributed by atoms with Gasteiger partial charge in [0.1, 0.15) is 5.75 Å². The maximum Gasteiger partial charge on any atom is 0.271 e. The number of nitrogens with zero attached hydrogens (tertiary/aromatic N) is 2. The summed E-state index contributed by atoms with van der Waals surface area (Å²) in [5.41, 5.74) is 10.7. The maximum atomic E-state index is 12.7. The van der Waals surface area contributed by atoms with Gasteiger partial charge in [0, 0.05) is 23.4 Å². The third-order valence-electron chi connectivity index (χ3n) is 6.45. The fraction of sp³-hybridized carbons (Fsp3) is 0.0909. The SMILES string of the molecule is COc1ccc(/C=N/NC(=O)c2ccc(-n3c(C)ccc3-c3ccccc3)cc2)cc1Cc1ccccc1. The van der Waals surface area contributed by atoms with Crippen LogP contribution in [0.1, 0.15) is 32.7 Å². The van der Waals surface area contributed by atoms with E-state index in [2.05, 4.69) is 58.4 Å². The van der Waals surface area contributed by atoms with Crippen LogP contribution >= 0.6 is 0 Å². The molecule has 38 heavy (non-hydrogen) atoms. The van der Waals surface area contributed by atoms with Gasteiger partial charge >= 0.3 is 0 Å². The highest BCUT2D eigenvalue weighted by molar-refractivity contribution is 5.95. The van der Waals surface area contributed by atoms with Crippen molar-refractivity contribution >= 4 is 12.1 Å². The largest absolute Gasteiger partial charge is 0.496 e. The van der Waals surface area contributed by atoms with E-state index < -0.39 is 0 Å². The fourth-order valence-corrected chi connectivity index (χ4v) is 4.54. The van der Waals surface area contributed by atoms with Gasteiger partial charge in [-0.05, 0) is 83.8 Å². The summed E-state index contributed by atoms with van der Waals surface area (Å²) >= 11 is 0. The van der Waals surface area contributed by atoms with Crippen molar-refractivity contribution in [2.75, 3.05) is 7.11 Å². The Bertz CT molecular complexity index is 1550. The number of nitrogens with one attached hydrogen (secondary N) is 1. The predicted octanol–water partition coefficient (Wildman–Crippen LogP) is 6.82. The van der Waals surface area contributed by atoms with Crippen molar-refractivity contribution in [3.8, 4) is 22.7 Å². The molecular formula is C33H29N3O2. The van der Waals surface area contributed by atoms with Crippen molar-refractivity contribution in [3.05, 3.63) is 143 Å². The van der Waals surface area contributed by atoms with Crippen LogP contribution < -0.4 is 10.2 Å². The van der Waals surface area contributed by atoms with Crippen LogP contribution in [0, 0.1) is 6.92 Å². The summed E-state index contributed by atoms with van der Waals surface area (Å²) < 4.78 is 7.72. The summed E-state index contributed by atoms with van der Waals surface area (Å²) in [7, 11) is 1.67. The van der Waals surface area contributed by atoms with Crippen molar-refractivity contribution in [1.29, 1.82) is 0 Å². The number of hydrogen-bond acceptors (Lipinski definition) is 3. The summed E-state index contributed by atoms with van der Waals surface area (Å²) in [6, 6.07) is 38.1. The van der Waals surface area contributed by atoms with Gasteiger partial charge in [-0.1, -0.05) is 60.7 Å². The zero-order chi connectivity index (χ0) is 26.3. The number of carbonyl (C=O) groups is 1. The van der Waals surface area contributed by atoms with E-state index in [1.807, 2.05) is 78.9 Å². The van der Waals surface area contributed by atoms with Crippen LogP contribution in [-0.2, 0) is 6.42 Å². The van der Waals surface area contributed by atoms with Gasteiger partial charge in [-0.25, -0.2) is 5.43 Å². The van der Waals surface area contributed by atoms with E-state index in [-0.39, 0.29) is 5.91 Å². The molecule has 0 bridgehead atoms. The molecule has 0 fully saturated rings. The van der Waals surface area contributed by atoms with Crippen molar-refractivity contribution in [3.63, 3.8) is 0 Å². The lowest BCUT2D eigenvalue weighted by atomic mass is 10.0. The van der Waals surface area contributed by atoms with E-state index in [1.54, 1.807) is 13.3 Å². The molecule has 0 radical (unpaired) electrons. The number of hydrogen-bond donors (Lipinski definition) is 1. The Morgan fingerprint density at radius 2 is 1.58 bits per heavy atom. The van der Waals surface area contributed by atoms with Crippen molar-refractivity contribution in [2.45, 2.75) is 13.3 Å². The first-order valence-electron chi connectivity index (χ1n) is 12.5. The Kier molecular flexibility index (Phi) is 7.46. The Hall–Kier alpha value is -4.90. The van der Waals surface area contributed by atoms with Gasteiger partial charge in [0.25, 0.3) is 5.91 Å². The lowest BCUT2D eigenvalue weighted by Gasteiger charge is -2.12. The third-order valence-corrected chi connectivity index (χ3v) is 6.45. The highest BCUT2D eigenvalue weighted by Crippen LogP contribution is 2.26. The summed E-state index contributed by atoms with van der Waals surface area (Å²) in [5.74, 6) is 0.557. The van der Waals surface area contributed by atoms with Crippen LogP contribution in [0.25, 0.3) is 16.9 Å². The van der Waals surface area contributed by atoms with Gasteiger partial charge in [0.15, 0.2) is 0 Å². The molecule has 1 amide bonds. The highest BCUT2D eigenvalue weighted by atomic mass is 16.5. The van der Waals surface area contributed by atoms with Crippen molar-refractivity contribution in [1.82, 2.24) is 9.99 Å². The van der Waals surface area contributed by atoms with Crippen LogP contribution in [0.3, 0.4) is 0 Å². The molecule has 0 unspecified atom stereocenters. The first-order valence-corrected chi connectivity index (χ1v) is 12.5. The molecule has 0 saturated heterocycles. The summed E-state index contributed by atoms with van der Waals surface area (Å²) in [6.07, 6.45) is 2.40. The first kappa shape index (κ1) is 24.8. The van der Waals surface area contributed by atoms with Gasteiger partial charge in [-0.15, -0.1) is 0 Å². The summed E-state index contributed by atoms with van der Waals surface area (Å²) in [5, 5.41) is 4.19. The molecule has 188 valence electrons. The zero-order valence-corrected chi connectivity index (χ0v) is 21.5. The standard InChI is InChI=1S/C33H29N3O2/c1-24-13-19-31(27-11-7-4-8-12-27)36(24)30-17-15-28(16-18-30)33(37)35-34-23-26-14-20-32(38-2)29(22-26)21-25-9-5-3-6-10-25/h3-20,22-23H,21H2,1-2H3,(H,35,37)/b34-23+. The Balaban J connectivity index is 1.28. The summed E-state index contributed by atoms with van der Waals surface area (Å²) in [6.45, 7) is 2.08. The number of amides is 1. The molecule has 0 aliphatic rings. The molecule has 1 N–H and O–H groups in total. The van der Waals surface area contributed by atoms with Crippen molar-refractivity contribution < 1.29 is 9.53 Å². The fourth-order valence-electron chi connectivity index (χ4n) is 4.54. The Morgan fingerprint density at radius 1 is 0.868 bits per heavy atom. The van der Waals surface area contributed by atoms with E-state index in [0.717, 1.165) is 45.9 Å². The van der Waals surface area contributed by atoms with E-state index in [1.165, 1.54) is 5.56 Å². The molecule has 1 heterocycles. The Labute approximate surface area is 223 Å². The number of aryl methyl sites for hydroxylation is 1. The molecule has 0 spiro atoms. The van der Waals surface area contributed by atoms with Crippen LogP contribution in [0.15, 0.2) is 120 Å². The molecule has 0 aliphatic heterocycles. The normalized spacial score (nSPS) is 11.0. The number of aromatic nitrogens is 1. The molecule has 0 atom stereocenters. The lowest BCUT2D eigenvalue weighted by Crippen LogP contribution is -2.17. The minimum atomic E-state index is -0.265. The van der Waals surface area contributed by atoms with Gasteiger partial charge in [0.05, 0.1) is 19.0 Å². The molecule has 5 rings (SSSR count). The Morgan fingerprint density at radius 3 is 2.29 bits per heavy atom. The minimum absolute atomic E-state index is 0.265. The number of methoxy groups -OCH3 is 1. The maximum absolute atomic E-state index is 12.7. The number of hydrazone groups is 1. The van der Waals surface area contributed by atoms with E-state index >= 15 is 0 Å². The average Bonchev–Trinajstić information content (AvgIpc) is 3.35. The average molecular weight is 500 g/mol. The number of ether oxygens (including phenoxy) is 1. The van der Waals surface area contributed by atoms with E-state index in [0.29, 0.717) is 5.56 Å². The van der Waals surface area contributed by atoms with Gasteiger partial charge < -0.3 is 9.30 Å². The minimum Gasteiger partial charge on any atom is -0.496 e. The molecule has 4 aromatic carbocycles. The van der Waals surface area contributed by atoms with E-state index in [9.17, 15) is 4.79 Å².